The molecule has 0 aromatic heterocycles. The predicted molar refractivity (Wildman–Crippen MR) is 153 cm³/mol. The van der Waals surface area contributed by atoms with Crippen LogP contribution in [0, 0.1) is 0 Å². The van der Waals surface area contributed by atoms with Crippen LogP contribution in [0.1, 0.15) is 43.4 Å². The van der Waals surface area contributed by atoms with Gasteiger partial charge in [0, 0.05) is 36.9 Å². The molecule has 6 heteroatoms. The van der Waals surface area contributed by atoms with Gasteiger partial charge in [0.25, 0.3) is 0 Å². The van der Waals surface area contributed by atoms with Crippen LogP contribution in [0.2, 0.25) is 0 Å². The zero-order valence-corrected chi connectivity index (χ0v) is 22.9. The third-order valence-corrected chi connectivity index (χ3v) is 7.36. The highest BCUT2D eigenvalue weighted by molar-refractivity contribution is 7.98. The third kappa shape index (κ3) is 9.29. The van der Waals surface area contributed by atoms with Crippen LogP contribution in [0.4, 0.5) is 0 Å². The molecule has 196 valence electrons. The van der Waals surface area contributed by atoms with Crippen LogP contribution in [0.3, 0.4) is 0 Å². The second-order valence-corrected chi connectivity index (χ2v) is 10.3. The van der Waals surface area contributed by atoms with E-state index in [0.717, 1.165) is 29.1 Å². The normalized spacial score (nSPS) is 12.4. The Labute approximate surface area is 225 Å². The van der Waals surface area contributed by atoms with Crippen LogP contribution in [-0.4, -0.2) is 41.7 Å². The summed E-state index contributed by atoms with van der Waals surface area (Å²) in [5.41, 5.74) is 3.19. The molecule has 5 nitrogen and oxygen atoms in total. The fourth-order valence-corrected chi connectivity index (χ4v) is 4.92. The Morgan fingerprint density at radius 2 is 1.57 bits per heavy atom. The van der Waals surface area contributed by atoms with E-state index < -0.39 is 6.04 Å². The minimum absolute atomic E-state index is 0.0244. The van der Waals surface area contributed by atoms with Crippen molar-refractivity contribution in [3.05, 3.63) is 102 Å². The summed E-state index contributed by atoms with van der Waals surface area (Å²) in [6, 6.07) is 27.3. The molecule has 0 saturated heterocycles. The minimum atomic E-state index is -0.616. The Bertz CT molecular complexity index is 1110. The third-order valence-electron chi connectivity index (χ3n) is 6.33. The molecular formula is C31H38N2O3S. The maximum atomic E-state index is 13.7. The Hall–Kier alpha value is -3.25. The molecule has 0 heterocycles. The fraction of sp³-hybridized carbons (Fsp3) is 0.355. The maximum absolute atomic E-state index is 13.7. The van der Waals surface area contributed by atoms with Crippen molar-refractivity contribution < 1.29 is 14.3 Å². The van der Waals surface area contributed by atoms with Gasteiger partial charge in [0.15, 0.2) is 0 Å². The molecule has 37 heavy (non-hydrogen) atoms. The number of hydrogen-bond donors (Lipinski definition) is 1. The standard InChI is InChI=1S/C31H38N2O3S/c1-4-24(2)32-31(35)29(21-25-12-7-5-8-13-25)33(22-27-16-11-17-28(20-27)36-3)30(34)18-19-37-23-26-14-9-6-10-15-26/h5-17,20,24,29H,4,18-19,21-23H2,1-3H3,(H,32,35)/t24-,29+/m1/s1. The molecule has 3 aromatic rings. The number of carbonyl (C=O) groups is 2. The van der Waals surface area contributed by atoms with Gasteiger partial charge >= 0.3 is 0 Å². The highest BCUT2D eigenvalue weighted by atomic mass is 32.2. The van der Waals surface area contributed by atoms with E-state index >= 15 is 0 Å². The largest absolute Gasteiger partial charge is 0.497 e. The Kier molecular flexibility index (Phi) is 11.6. The summed E-state index contributed by atoms with van der Waals surface area (Å²) in [5, 5.41) is 3.12. The van der Waals surface area contributed by atoms with Crippen molar-refractivity contribution >= 4 is 23.6 Å². The highest BCUT2D eigenvalue weighted by Crippen LogP contribution is 2.20. The van der Waals surface area contributed by atoms with Gasteiger partial charge in [-0.25, -0.2) is 0 Å². The van der Waals surface area contributed by atoms with Gasteiger partial charge in [-0.05, 0) is 42.2 Å². The number of carbonyl (C=O) groups excluding carboxylic acids is 2. The monoisotopic (exact) mass is 518 g/mol. The molecule has 0 saturated carbocycles. The van der Waals surface area contributed by atoms with Gasteiger partial charge in [-0.1, -0.05) is 79.7 Å². The lowest BCUT2D eigenvalue weighted by molar-refractivity contribution is -0.141. The van der Waals surface area contributed by atoms with Crippen LogP contribution >= 0.6 is 11.8 Å². The van der Waals surface area contributed by atoms with Crippen molar-refractivity contribution in [2.45, 2.75) is 57.5 Å². The van der Waals surface area contributed by atoms with E-state index in [1.54, 1.807) is 23.8 Å². The molecule has 2 amide bonds. The lowest BCUT2D eigenvalue weighted by atomic mass is 10.0. The van der Waals surface area contributed by atoms with E-state index in [0.29, 0.717) is 25.1 Å². The van der Waals surface area contributed by atoms with Crippen molar-refractivity contribution in [2.24, 2.45) is 0 Å². The number of nitrogens with zero attached hydrogens (tertiary/aromatic N) is 1. The number of thioether (sulfide) groups is 1. The van der Waals surface area contributed by atoms with E-state index in [1.165, 1.54) is 5.56 Å². The SMILES string of the molecule is CC[C@@H](C)NC(=O)[C@H](Cc1ccccc1)N(Cc1cccc(OC)c1)C(=O)CCSCc1ccccc1. The number of ether oxygens (including phenoxy) is 1. The van der Waals surface area contributed by atoms with Gasteiger partial charge in [0.05, 0.1) is 7.11 Å². The van der Waals surface area contributed by atoms with E-state index in [4.69, 9.17) is 4.74 Å². The lowest BCUT2D eigenvalue weighted by Crippen LogP contribution is -2.52. The zero-order valence-electron chi connectivity index (χ0n) is 22.1. The molecule has 0 radical (unpaired) electrons. The van der Waals surface area contributed by atoms with E-state index in [-0.39, 0.29) is 17.9 Å². The molecule has 1 N–H and O–H groups in total. The second-order valence-electron chi connectivity index (χ2n) is 9.18. The first-order valence-corrected chi connectivity index (χ1v) is 14.0. The number of rotatable bonds is 14. The zero-order chi connectivity index (χ0) is 26.5. The van der Waals surface area contributed by atoms with Crippen molar-refractivity contribution in [3.63, 3.8) is 0 Å². The molecule has 0 aliphatic rings. The molecule has 0 fully saturated rings. The smallest absolute Gasteiger partial charge is 0.243 e. The van der Waals surface area contributed by atoms with Gasteiger partial charge in [0.1, 0.15) is 11.8 Å². The number of methoxy groups -OCH3 is 1. The number of nitrogens with one attached hydrogen (secondary N) is 1. The van der Waals surface area contributed by atoms with E-state index in [1.807, 2.05) is 86.6 Å². The molecule has 0 unspecified atom stereocenters. The predicted octanol–water partition coefficient (Wildman–Crippen LogP) is 5.87. The first-order valence-electron chi connectivity index (χ1n) is 12.9. The first-order chi connectivity index (χ1) is 18.0. The molecule has 2 atom stereocenters. The van der Waals surface area contributed by atoms with Gasteiger partial charge in [-0.2, -0.15) is 11.8 Å². The van der Waals surface area contributed by atoms with E-state index in [9.17, 15) is 9.59 Å². The van der Waals surface area contributed by atoms with Crippen LogP contribution in [-0.2, 0) is 28.3 Å². The quantitative estimate of drug-likeness (QED) is 0.271. The Morgan fingerprint density at radius 1 is 0.919 bits per heavy atom. The summed E-state index contributed by atoms with van der Waals surface area (Å²) in [6.07, 6.45) is 1.64. The van der Waals surface area contributed by atoms with Crippen molar-refractivity contribution in [2.75, 3.05) is 12.9 Å². The van der Waals surface area contributed by atoms with Gasteiger partial charge in [0.2, 0.25) is 11.8 Å². The number of amides is 2. The molecule has 0 bridgehead atoms. The minimum Gasteiger partial charge on any atom is -0.497 e. The van der Waals surface area contributed by atoms with Crippen LogP contribution in [0.25, 0.3) is 0 Å². The maximum Gasteiger partial charge on any atom is 0.243 e. The molecule has 0 aliphatic heterocycles. The molecule has 3 rings (SSSR count). The van der Waals surface area contributed by atoms with Crippen LogP contribution in [0.15, 0.2) is 84.9 Å². The van der Waals surface area contributed by atoms with Gasteiger partial charge in [-0.3, -0.25) is 9.59 Å². The average molecular weight is 519 g/mol. The molecule has 3 aromatic carbocycles. The summed E-state index contributed by atoms with van der Waals surface area (Å²) < 4.78 is 5.40. The molecule has 0 spiro atoms. The Morgan fingerprint density at radius 3 is 2.22 bits per heavy atom. The van der Waals surface area contributed by atoms with Gasteiger partial charge in [-0.15, -0.1) is 0 Å². The van der Waals surface area contributed by atoms with Crippen molar-refractivity contribution in [1.82, 2.24) is 10.2 Å². The molecular weight excluding hydrogens is 480 g/mol. The second kappa shape index (κ2) is 15.1. The fourth-order valence-electron chi connectivity index (χ4n) is 4.03. The number of benzene rings is 3. The summed E-state index contributed by atoms with van der Waals surface area (Å²) in [7, 11) is 1.63. The van der Waals surface area contributed by atoms with Crippen LogP contribution < -0.4 is 10.1 Å². The average Bonchev–Trinajstić information content (AvgIpc) is 2.94. The number of hydrogen-bond acceptors (Lipinski definition) is 4. The molecule has 0 aliphatic carbocycles. The van der Waals surface area contributed by atoms with Crippen LogP contribution in [0.5, 0.6) is 5.75 Å². The highest BCUT2D eigenvalue weighted by Gasteiger charge is 2.30. The Balaban J connectivity index is 1.82. The summed E-state index contributed by atoms with van der Waals surface area (Å²) >= 11 is 1.73. The van der Waals surface area contributed by atoms with Gasteiger partial charge < -0.3 is 15.0 Å². The summed E-state index contributed by atoms with van der Waals surface area (Å²) in [6.45, 7) is 4.37. The first kappa shape index (κ1) is 28.3. The van der Waals surface area contributed by atoms with E-state index in [2.05, 4.69) is 17.4 Å². The topological polar surface area (TPSA) is 58.6 Å². The van der Waals surface area contributed by atoms with Crippen molar-refractivity contribution in [1.29, 1.82) is 0 Å². The summed E-state index contributed by atoms with van der Waals surface area (Å²) in [4.78, 5) is 29.0. The van der Waals surface area contributed by atoms with Crippen molar-refractivity contribution in [3.8, 4) is 5.75 Å². The summed E-state index contributed by atoms with van der Waals surface area (Å²) in [5.74, 6) is 2.13. The lowest BCUT2D eigenvalue weighted by Gasteiger charge is -2.32.